The molecule has 1 aromatic carbocycles. The number of benzene rings is 1. The number of para-hydroxylation sites is 1. The molecule has 2 aromatic rings. The zero-order chi connectivity index (χ0) is 29.4. The van der Waals surface area contributed by atoms with Crippen LogP contribution in [0.4, 0.5) is 0 Å². The van der Waals surface area contributed by atoms with Gasteiger partial charge < -0.3 is 9.72 Å². The van der Waals surface area contributed by atoms with Crippen molar-refractivity contribution in [2.24, 2.45) is 44.8 Å². The van der Waals surface area contributed by atoms with E-state index in [0.29, 0.717) is 11.7 Å². The lowest BCUT2D eigenvalue weighted by Gasteiger charge is -2.70. The molecule has 0 saturated heterocycles. The molecule has 1 aromatic heterocycles. The highest BCUT2D eigenvalue weighted by atomic mass is 16.5. The smallest absolute Gasteiger partial charge is 0.311 e. The lowest BCUT2D eigenvalue weighted by atomic mass is 9.33. The van der Waals surface area contributed by atoms with E-state index >= 15 is 0 Å². The molecule has 4 heteroatoms. The monoisotopic (exact) mass is 555 g/mol. The molecule has 1 heterocycles. The highest BCUT2D eigenvalue weighted by Crippen LogP contribution is 2.75. The zero-order valence-electron chi connectivity index (χ0n) is 26.5. The number of aromatic nitrogens is 1. The maximum Gasteiger partial charge on any atom is 0.311 e. The van der Waals surface area contributed by atoms with E-state index in [9.17, 15) is 9.59 Å². The van der Waals surface area contributed by atoms with Gasteiger partial charge in [0.2, 0.25) is 0 Å². The van der Waals surface area contributed by atoms with Crippen LogP contribution in [0.2, 0.25) is 0 Å². The molecule has 5 aliphatic rings. The van der Waals surface area contributed by atoms with Gasteiger partial charge in [-0.05, 0) is 109 Å². The van der Waals surface area contributed by atoms with Crippen LogP contribution in [-0.4, -0.2) is 23.8 Å². The van der Waals surface area contributed by atoms with Crippen molar-refractivity contribution in [1.29, 1.82) is 0 Å². The number of hydrogen-bond acceptors (Lipinski definition) is 3. The van der Waals surface area contributed by atoms with Crippen molar-refractivity contribution in [1.82, 2.24) is 4.98 Å². The van der Waals surface area contributed by atoms with Crippen LogP contribution in [0.3, 0.4) is 0 Å². The van der Waals surface area contributed by atoms with Gasteiger partial charge in [0, 0.05) is 27.9 Å². The van der Waals surface area contributed by atoms with Crippen molar-refractivity contribution in [3.63, 3.8) is 0 Å². The van der Waals surface area contributed by atoms with Gasteiger partial charge in [0.1, 0.15) is 0 Å². The van der Waals surface area contributed by atoms with E-state index in [1.165, 1.54) is 34.8 Å². The van der Waals surface area contributed by atoms with Crippen molar-refractivity contribution in [3.8, 4) is 0 Å². The van der Waals surface area contributed by atoms with Crippen LogP contribution in [0, 0.1) is 44.8 Å². The predicted molar refractivity (Wildman–Crippen MR) is 163 cm³/mol. The standard InChI is InChI=1S/C37H49NO3/c1-32(2)28-13-14-37(7)29(35(28,5)20-23-22-11-9-10-12-26(22)38-30(23)32)27(39)19-24-25-21-34(4,31(40)41-8)16-15-33(25,3)17-18-36(24,37)6/h9-12,19,25,28-29,38H,13-18,20-21H2,1-8H3/t25-,28-,29+,33+,34+,35-,36-,37-/m0/s1. The van der Waals surface area contributed by atoms with E-state index < -0.39 is 5.41 Å². The van der Waals surface area contributed by atoms with Crippen LogP contribution in [0.15, 0.2) is 35.9 Å². The van der Waals surface area contributed by atoms with E-state index in [1.807, 2.05) is 0 Å². The van der Waals surface area contributed by atoms with Gasteiger partial charge in [-0.15, -0.1) is 0 Å². The molecule has 0 spiro atoms. The number of allylic oxidation sites excluding steroid dienone is 2. The molecule has 220 valence electrons. The summed E-state index contributed by atoms with van der Waals surface area (Å²) in [6.07, 6.45) is 10.3. The van der Waals surface area contributed by atoms with E-state index in [1.54, 1.807) is 0 Å². The first-order valence-electron chi connectivity index (χ1n) is 16.1. The molecule has 41 heavy (non-hydrogen) atoms. The molecule has 0 unspecified atom stereocenters. The van der Waals surface area contributed by atoms with Crippen LogP contribution >= 0.6 is 0 Å². The molecule has 0 amide bonds. The van der Waals surface area contributed by atoms with Crippen molar-refractivity contribution in [3.05, 3.63) is 47.2 Å². The summed E-state index contributed by atoms with van der Waals surface area (Å²) in [4.78, 5) is 31.6. The summed E-state index contributed by atoms with van der Waals surface area (Å²) < 4.78 is 5.31. The van der Waals surface area contributed by atoms with Gasteiger partial charge in [0.25, 0.3) is 0 Å². The van der Waals surface area contributed by atoms with Gasteiger partial charge in [-0.1, -0.05) is 65.3 Å². The molecule has 3 saturated carbocycles. The Morgan fingerprint density at radius 2 is 1.66 bits per heavy atom. The summed E-state index contributed by atoms with van der Waals surface area (Å²) >= 11 is 0. The SMILES string of the molecule is COC(=O)[C@]1(C)CC[C@]2(C)CC[C@@]3(C)C(=CC(=O)[C@@H]4[C@@]5(C)Cc6c([nH]c7ccccc67)C(C)(C)[C@@H]5CC[C@@]43C)[C@@H]2C1. The number of carbonyl (C=O) groups is 2. The normalized spacial score (nSPS) is 44.5. The molecule has 0 radical (unpaired) electrons. The first kappa shape index (κ1) is 27.5. The maximum absolute atomic E-state index is 14.8. The topological polar surface area (TPSA) is 59.2 Å². The molecule has 0 aliphatic heterocycles. The summed E-state index contributed by atoms with van der Waals surface area (Å²) in [6, 6.07) is 8.73. The van der Waals surface area contributed by atoms with Gasteiger partial charge in [-0.25, -0.2) is 0 Å². The third-order valence-corrected chi connectivity index (χ3v) is 14.4. The number of H-pyrrole nitrogens is 1. The van der Waals surface area contributed by atoms with Crippen LogP contribution in [0.25, 0.3) is 10.9 Å². The lowest BCUT2D eigenvalue weighted by molar-refractivity contribution is -0.174. The van der Waals surface area contributed by atoms with Crippen molar-refractivity contribution in [2.75, 3.05) is 7.11 Å². The second kappa shape index (κ2) is 8.17. The minimum atomic E-state index is -0.485. The van der Waals surface area contributed by atoms with Crippen molar-refractivity contribution >= 4 is 22.7 Å². The van der Waals surface area contributed by atoms with Crippen LogP contribution in [0.5, 0.6) is 0 Å². The van der Waals surface area contributed by atoms with Crippen molar-refractivity contribution < 1.29 is 14.3 Å². The highest BCUT2D eigenvalue weighted by molar-refractivity contribution is 5.96. The molecule has 3 fully saturated rings. The third kappa shape index (κ3) is 3.23. The Morgan fingerprint density at radius 1 is 0.951 bits per heavy atom. The molecular formula is C37H49NO3. The van der Waals surface area contributed by atoms with Gasteiger partial charge in [0.05, 0.1) is 12.5 Å². The Morgan fingerprint density at radius 3 is 2.39 bits per heavy atom. The number of ether oxygens (including phenoxy) is 1. The first-order chi connectivity index (χ1) is 19.1. The largest absolute Gasteiger partial charge is 0.469 e. The Hall–Kier alpha value is -2.36. The molecule has 1 N–H and O–H groups in total. The van der Waals surface area contributed by atoms with E-state index in [0.717, 1.165) is 51.4 Å². The number of esters is 1. The van der Waals surface area contributed by atoms with Gasteiger partial charge in [-0.3, -0.25) is 9.59 Å². The number of rotatable bonds is 1. The second-order valence-corrected chi connectivity index (χ2v) is 16.7. The Labute approximate surface area is 246 Å². The summed E-state index contributed by atoms with van der Waals surface area (Å²) in [5.41, 5.74) is 4.72. The molecule has 7 rings (SSSR count). The summed E-state index contributed by atoms with van der Waals surface area (Å²) in [5, 5.41) is 1.32. The zero-order valence-corrected chi connectivity index (χ0v) is 26.5. The molecular weight excluding hydrogens is 506 g/mol. The average molecular weight is 556 g/mol. The van der Waals surface area contributed by atoms with Crippen LogP contribution in [-0.2, 0) is 26.2 Å². The molecule has 8 atom stereocenters. The average Bonchev–Trinajstić information content (AvgIpc) is 3.29. The number of fused-ring (bicyclic) bond motifs is 10. The highest BCUT2D eigenvalue weighted by Gasteiger charge is 2.70. The van der Waals surface area contributed by atoms with Crippen LogP contribution in [0.1, 0.15) is 105 Å². The molecule has 4 nitrogen and oxygen atoms in total. The maximum atomic E-state index is 14.8. The number of methoxy groups -OCH3 is 1. The lowest BCUT2D eigenvalue weighted by Crippen LogP contribution is -2.66. The van der Waals surface area contributed by atoms with Gasteiger partial charge in [0.15, 0.2) is 5.78 Å². The third-order valence-electron chi connectivity index (χ3n) is 14.4. The fourth-order valence-corrected chi connectivity index (χ4v) is 11.9. The Balaban J connectivity index is 1.37. The van der Waals surface area contributed by atoms with Crippen LogP contribution < -0.4 is 0 Å². The predicted octanol–water partition coefficient (Wildman–Crippen LogP) is 8.34. The van der Waals surface area contributed by atoms with E-state index in [2.05, 4.69) is 83.8 Å². The number of carbonyl (C=O) groups excluding carboxylic acids is 2. The molecule has 5 aliphatic carbocycles. The Kier molecular flexibility index (Phi) is 5.47. The van der Waals surface area contributed by atoms with Gasteiger partial charge in [-0.2, -0.15) is 0 Å². The molecule has 0 bridgehead atoms. The quantitative estimate of drug-likeness (QED) is 0.360. The number of ketones is 1. The number of hydrogen-bond donors (Lipinski definition) is 1. The van der Waals surface area contributed by atoms with Crippen molar-refractivity contribution in [2.45, 2.75) is 105 Å². The minimum absolute atomic E-state index is 0.0106. The fourth-order valence-electron chi connectivity index (χ4n) is 11.9. The number of nitrogens with one attached hydrogen (secondary N) is 1. The summed E-state index contributed by atoms with van der Waals surface area (Å²) in [5.74, 6) is 0.923. The fraction of sp³-hybridized carbons (Fsp3) is 0.676. The first-order valence-corrected chi connectivity index (χ1v) is 16.1. The second-order valence-electron chi connectivity index (χ2n) is 16.7. The van der Waals surface area contributed by atoms with E-state index in [-0.39, 0.29) is 44.9 Å². The summed E-state index contributed by atoms with van der Waals surface area (Å²) in [6.45, 7) is 16.8. The van der Waals surface area contributed by atoms with E-state index in [4.69, 9.17) is 4.74 Å². The summed E-state index contributed by atoms with van der Waals surface area (Å²) in [7, 11) is 1.52. The minimum Gasteiger partial charge on any atom is -0.469 e. The number of aromatic amines is 1. The Bertz CT molecular complexity index is 1510. The van der Waals surface area contributed by atoms with Gasteiger partial charge >= 0.3 is 5.97 Å².